The number of amidine groups is 2. The number of aromatic nitrogens is 1. The predicted molar refractivity (Wildman–Crippen MR) is 211 cm³/mol. The molecular weight excluding hydrogens is 629 g/mol. The average molecular weight is 665 g/mol. The van der Waals surface area contributed by atoms with Crippen molar-refractivity contribution in [2.45, 2.75) is 43.7 Å². The number of allylic oxidation sites excluding steroid dienone is 5. The summed E-state index contributed by atoms with van der Waals surface area (Å²) in [5, 5.41) is 6.30. The van der Waals surface area contributed by atoms with Crippen LogP contribution in [0, 0.1) is 0 Å². The van der Waals surface area contributed by atoms with Crippen molar-refractivity contribution in [2.75, 3.05) is 0 Å². The molecule has 3 atom stereocenters. The number of para-hydroxylation sites is 1. The van der Waals surface area contributed by atoms with Crippen molar-refractivity contribution in [3.8, 4) is 0 Å². The molecule has 0 spiro atoms. The molecule has 4 nitrogen and oxygen atoms in total. The fourth-order valence-electron chi connectivity index (χ4n) is 8.33. The van der Waals surface area contributed by atoms with Crippen LogP contribution in [0.2, 0.25) is 0 Å². The van der Waals surface area contributed by atoms with Gasteiger partial charge in [0.25, 0.3) is 0 Å². The van der Waals surface area contributed by atoms with Crippen LogP contribution in [0.5, 0.6) is 0 Å². The van der Waals surface area contributed by atoms with E-state index in [0.717, 1.165) is 42.9 Å². The molecule has 242 valence electrons. The number of aliphatic imine (C=N–C) groups is 2. The lowest BCUT2D eigenvalue weighted by Crippen LogP contribution is -2.40. The summed E-state index contributed by atoms with van der Waals surface area (Å²) in [5.41, 5.74) is 10.4. The first-order chi connectivity index (χ1) is 24.8. The number of benzene rings is 4. The summed E-state index contributed by atoms with van der Waals surface area (Å²) < 4.78 is 3.91. The van der Waals surface area contributed by atoms with Gasteiger partial charge in [-0.15, -0.1) is 11.3 Å². The Labute approximate surface area is 296 Å². The molecule has 3 aliphatic carbocycles. The Morgan fingerprint density at radius 3 is 2.36 bits per heavy atom. The van der Waals surface area contributed by atoms with E-state index in [1.54, 1.807) is 0 Å². The summed E-state index contributed by atoms with van der Waals surface area (Å²) in [6.45, 7) is 0. The Bertz CT molecular complexity index is 2470. The number of nitrogens with one attached hydrogen (secondary N) is 1. The van der Waals surface area contributed by atoms with E-state index in [0.29, 0.717) is 5.92 Å². The third-order valence-corrected chi connectivity index (χ3v) is 11.8. The van der Waals surface area contributed by atoms with E-state index in [1.807, 2.05) is 11.3 Å². The van der Waals surface area contributed by atoms with Crippen LogP contribution >= 0.6 is 11.3 Å². The maximum absolute atomic E-state index is 5.48. The highest BCUT2D eigenvalue weighted by Crippen LogP contribution is 2.49. The van der Waals surface area contributed by atoms with Crippen LogP contribution in [0.3, 0.4) is 0 Å². The molecule has 2 aromatic heterocycles. The number of fused-ring (bicyclic) bond motifs is 6. The highest BCUT2D eigenvalue weighted by atomic mass is 32.1. The zero-order chi connectivity index (χ0) is 33.0. The minimum atomic E-state index is -0.275. The van der Waals surface area contributed by atoms with E-state index in [-0.39, 0.29) is 12.1 Å². The monoisotopic (exact) mass is 664 g/mol. The first-order valence-corrected chi connectivity index (χ1v) is 18.5. The molecule has 3 heterocycles. The fourth-order valence-corrected chi connectivity index (χ4v) is 9.57. The molecule has 0 saturated carbocycles. The van der Waals surface area contributed by atoms with Crippen molar-refractivity contribution >= 4 is 61.8 Å². The molecule has 3 unspecified atom stereocenters. The molecule has 4 aromatic carbocycles. The van der Waals surface area contributed by atoms with Crippen LogP contribution in [-0.4, -0.2) is 22.4 Å². The largest absolute Gasteiger partial charge is 0.325 e. The van der Waals surface area contributed by atoms with Crippen LogP contribution in [0.1, 0.15) is 63.9 Å². The standard InChI is InChI=1S/C45H36N4S/c1-4-14-29(15-5-1)32-24-25-35-34-20-10-12-22-38(34)49(39(35)26-32)33-27-37(42-36-21-11-13-23-40(36)50-41(42)28-33)45-47-43(30-16-6-2-7-17-30)46-44(48-45)31-18-8-3-9-19-31/h1-8,10-18,20-25,28,32,37,45H,9,19,26-27H2,(H,46,47,48). The van der Waals surface area contributed by atoms with Crippen LogP contribution in [0.25, 0.3) is 38.8 Å². The van der Waals surface area contributed by atoms with Gasteiger partial charge in [0.05, 0.1) is 5.52 Å². The van der Waals surface area contributed by atoms with Crippen molar-refractivity contribution in [3.63, 3.8) is 0 Å². The first-order valence-electron chi connectivity index (χ1n) is 17.7. The number of thiophene rings is 1. The van der Waals surface area contributed by atoms with Crippen LogP contribution in [0.15, 0.2) is 149 Å². The van der Waals surface area contributed by atoms with Gasteiger partial charge < -0.3 is 9.88 Å². The van der Waals surface area contributed by atoms with E-state index in [4.69, 9.17) is 9.98 Å². The van der Waals surface area contributed by atoms with Gasteiger partial charge in [-0.1, -0.05) is 127 Å². The minimum Gasteiger partial charge on any atom is -0.325 e. The Morgan fingerprint density at radius 1 is 0.760 bits per heavy atom. The zero-order valence-corrected chi connectivity index (χ0v) is 28.5. The lowest BCUT2D eigenvalue weighted by Gasteiger charge is -2.32. The van der Waals surface area contributed by atoms with Gasteiger partial charge in [0, 0.05) is 49.3 Å². The highest BCUT2D eigenvalue weighted by molar-refractivity contribution is 7.20. The van der Waals surface area contributed by atoms with Gasteiger partial charge in [-0.25, -0.2) is 9.98 Å². The van der Waals surface area contributed by atoms with Crippen molar-refractivity contribution in [2.24, 2.45) is 9.98 Å². The molecule has 5 heteroatoms. The minimum absolute atomic E-state index is 0.0672. The summed E-state index contributed by atoms with van der Waals surface area (Å²) in [4.78, 5) is 12.3. The second-order valence-corrected chi connectivity index (χ2v) is 14.7. The lowest BCUT2D eigenvalue weighted by atomic mass is 9.84. The van der Waals surface area contributed by atoms with E-state index < -0.39 is 0 Å². The van der Waals surface area contributed by atoms with Crippen LogP contribution < -0.4 is 5.32 Å². The normalized spacial score (nSPS) is 21.2. The summed E-state index contributed by atoms with van der Waals surface area (Å²) in [6.07, 6.45) is 17.4. The molecule has 0 amide bonds. The van der Waals surface area contributed by atoms with Crippen LogP contribution in [0.4, 0.5) is 0 Å². The Morgan fingerprint density at radius 2 is 1.52 bits per heavy atom. The van der Waals surface area contributed by atoms with Gasteiger partial charge in [0.1, 0.15) is 11.7 Å². The van der Waals surface area contributed by atoms with Gasteiger partial charge in [-0.2, -0.15) is 0 Å². The van der Waals surface area contributed by atoms with E-state index in [1.165, 1.54) is 59.5 Å². The fraction of sp³-hybridized carbons (Fsp3) is 0.156. The smallest absolute Gasteiger partial charge is 0.151 e. The second kappa shape index (κ2) is 12.1. The summed E-state index contributed by atoms with van der Waals surface area (Å²) in [5.74, 6) is 2.24. The highest BCUT2D eigenvalue weighted by Gasteiger charge is 2.36. The van der Waals surface area contributed by atoms with Gasteiger partial charge in [0.15, 0.2) is 6.17 Å². The maximum atomic E-state index is 5.48. The molecule has 10 rings (SSSR count). The number of hydrogen-bond acceptors (Lipinski definition) is 4. The number of nitrogens with zero attached hydrogens (tertiary/aromatic N) is 3. The molecule has 0 radical (unpaired) electrons. The second-order valence-electron chi connectivity index (χ2n) is 13.6. The molecule has 6 aromatic rings. The topological polar surface area (TPSA) is 41.7 Å². The maximum Gasteiger partial charge on any atom is 0.151 e. The zero-order valence-electron chi connectivity index (χ0n) is 27.7. The summed E-state index contributed by atoms with van der Waals surface area (Å²) in [7, 11) is 0. The van der Waals surface area contributed by atoms with Gasteiger partial charge in [-0.3, -0.25) is 0 Å². The quantitative estimate of drug-likeness (QED) is 0.196. The van der Waals surface area contributed by atoms with Gasteiger partial charge >= 0.3 is 0 Å². The Hall–Kier alpha value is -5.52. The summed E-state index contributed by atoms with van der Waals surface area (Å²) in [6, 6.07) is 39.3. The van der Waals surface area contributed by atoms with Crippen molar-refractivity contribution in [1.82, 2.24) is 9.88 Å². The lowest BCUT2D eigenvalue weighted by molar-refractivity contribution is 0.549. The molecule has 0 saturated heterocycles. The molecule has 50 heavy (non-hydrogen) atoms. The SMILES string of the molecule is C1=CCCC(C2=NC(C3CC(n4c5c(c6ccccc64)C=CC(c4ccccc4)C5)=Cc4sc5ccccc5c43)N=C(c3ccccc3)N2)=C1. The molecule has 1 aliphatic heterocycles. The van der Waals surface area contributed by atoms with Gasteiger partial charge in [0.2, 0.25) is 0 Å². The third kappa shape index (κ3) is 4.95. The molecular formula is C45H36N4S. The summed E-state index contributed by atoms with van der Waals surface area (Å²) >= 11 is 1.90. The Balaban J connectivity index is 1.16. The molecule has 0 bridgehead atoms. The van der Waals surface area contributed by atoms with Crippen LogP contribution in [-0.2, 0) is 6.42 Å². The molecule has 1 N–H and O–H groups in total. The van der Waals surface area contributed by atoms with Gasteiger partial charge in [-0.05, 0) is 66.0 Å². The molecule has 4 aliphatic rings. The first kappa shape index (κ1) is 29.4. The van der Waals surface area contributed by atoms with E-state index >= 15 is 0 Å². The van der Waals surface area contributed by atoms with Crippen molar-refractivity contribution in [1.29, 1.82) is 0 Å². The van der Waals surface area contributed by atoms with E-state index in [9.17, 15) is 0 Å². The predicted octanol–water partition coefficient (Wildman–Crippen LogP) is 10.7. The third-order valence-electron chi connectivity index (χ3n) is 10.7. The Kier molecular flexibility index (Phi) is 7.12. The molecule has 0 fully saturated rings. The number of hydrogen-bond donors (Lipinski definition) is 1. The number of rotatable bonds is 5. The van der Waals surface area contributed by atoms with Crippen molar-refractivity contribution in [3.05, 3.63) is 172 Å². The van der Waals surface area contributed by atoms with E-state index in [2.05, 4.69) is 156 Å². The van der Waals surface area contributed by atoms with Crippen molar-refractivity contribution < 1.29 is 0 Å². The average Bonchev–Trinajstić information content (AvgIpc) is 3.74.